The van der Waals surface area contributed by atoms with Gasteiger partial charge in [-0.1, -0.05) is 18.5 Å². The van der Waals surface area contributed by atoms with Gasteiger partial charge in [0, 0.05) is 16.8 Å². The third kappa shape index (κ3) is 3.17. The van der Waals surface area contributed by atoms with Crippen LogP contribution in [0.15, 0.2) is 24.3 Å². The number of halogens is 1. The number of anilines is 1. The van der Waals surface area contributed by atoms with Crippen LogP contribution in [0.1, 0.15) is 51.9 Å². The Morgan fingerprint density at radius 1 is 1.12 bits per heavy atom. The lowest BCUT2D eigenvalue weighted by atomic mass is 9.47. The van der Waals surface area contributed by atoms with Gasteiger partial charge in [-0.25, -0.2) is 0 Å². The molecular weight excluding hydrogens is 336 g/mol. The van der Waals surface area contributed by atoms with Crippen LogP contribution >= 0.6 is 23.8 Å². The van der Waals surface area contributed by atoms with E-state index in [0.717, 1.165) is 40.0 Å². The van der Waals surface area contributed by atoms with Crippen molar-refractivity contribution in [3.63, 3.8) is 0 Å². The first-order valence-electron chi connectivity index (χ1n) is 9.39. The average Bonchev–Trinajstić information content (AvgIpc) is 2.53. The Labute approximate surface area is 155 Å². The van der Waals surface area contributed by atoms with Crippen molar-refractivity contribution in [2.24, 2.45) is 23.2 Å². The summed E-state index contributed by atoms with van der Waals surface area (Å²) in [5.74, 6) is 2.93. The van der Waals surface area contributed by atoms with Gasteiger partial charge in [-0.05, 0) is 105 Å². The highest BCUT2D eigenvalue weighted by Gasteiger charge is 2.53. The smallest absolute Gasteiger partial charge is 0.171 e. The molecule has 4 heteroatoms. The Morgan fingerprint density at radius 2 is 1.67 bits per heavy atom. The fraction of sp³-hybridized carbons (Fsp3) is 0.650. The van der Waals surface area contributed by atoms with Gasteiger partial charge in [-0.3, -0.25) is 0 Å². The highest BCUT2D eigenvalue weighted by Crippen LogP contribution is 2.61. The lowest BCUT2D eigenvalue weighted by Crippen LogP contribution is -2.57. The predicted octanol–water partition coefficient (Wildman–Crippen LogP) is 5.62. The second-order valence-corrected chi connectivity index (χ2v) is 9.19. The molecule has 1 aromatic rings. The molecule has 5 rings (SSSR count). The minimum absolute atomic E-state index is 0.481. The Morgan fingerprint density at radius 3 is 2.17 bits per heavy atom. The molecule has 0 spiro atoms. The van der Waals surface area contributed by atoms with Gasteiger partial charge >= 0.3 is 0 Å². The number of benzene rings is 1. The summed E-state index contributed by atoms with van der Waals surface area (Å²) in [6.45, 7) is 2.31. The number of thiocarbonyl (C=S) groups is 1. The summed E-state index contributed by atoms with van der Waals surface area (Å²) < 4.78 is 0. The standard InChI is InChI=1S/C20H27ClN2S/c1-2-18(23-19(24)22-17-5-3-16(21)4-6-17)20-10-13-7-14(11-20)9-15(8-13)12-20/h3-6,13-15,18H,2,7-12H2,1H3,(H2,22,23,24). The van der Waals surface area contributed by atoms with E-state index in [4.69, 9.17) is 23.8 Å². The second kappa shape index (κ2) is 6.49. The van der Waals surface area contributed by atoms with Gasteiger partial charge in [0.15, 0.2) is 5.11 Å². The van der Waals surface area contributed by atoms with Gasteiger partial charge in [0.2, 0.25) is 0 Å². The van der Waals surface area contributed by atoms with Crippen molar-refractivity contribution in [3.05, 3.63) is 29.3 Å². The summed E-state index contributed by atoms with van der Waals surface area (Å²) in [4.78, 5) is 0. The Kier molecular flexibility index (Phi) is 4.51. The van der Waals surface area contributed by atoms with E-state index in [1.54, 1.807) is 0 Å². The van der Waals surface area contributed by atoms with Gasteiger partial charge in [-0.2, -0.15) is 0 Å². The van der Waals surface area contributed by atoms with E-state index in [1.165, 1.54) is 38.5 Å². The summed E-state index contributed by atoms with van der Waals surface area (Å²) in [5.41, 5.74) is 1.48. The van der Waals surface area contributed by atoms with Crippen molar-refractivity contribution in [3.8, 4) is 0 Å². The first-order valence-corrected chi connectivity index (χ1v) is 10.2. The predicted molar refractivity (Wildman–Crippen MR) is 105 cm³/mol. The number of rotatable bonds is 4. The van der Waals surface area contributed by atoms with Gasteiger partial charge < -0.3 is 10.6 Å². The van der Waals surface area contributed by atoms with E-state index in [9.17, 15) is 0 Å². The van der Waals surface area contributed by atoms with Gasteiger partial charge in [0.25, 0.3) is 0 Å². The highest BCUT2D eigenvalue weighted by atomic mass is 35.5. The van der Waals surface area contributed by atoms with Crippen LogP contribution in [0.5, 0.6) is 0 Å². The van der Waals surface area contributed by atoms with E-state index in [2.05, 4.69) is 17.6 Å². The van der Waals surface area contributed by atoms with Crippen molar-refractivity contribution in [1.82, 2.24) is 5.32 Å². The molecule has 4 bridgehead atoms. The topological polar surface area (TPSA) is 24.1 Å². The average molecular weight is 363 g/mol. The lowest BCUT2D eigenvalue weighted by molar-refractivity contribution is -0.0709. The summed E-state index contributed by atoms with van der Waals surface area (Å²) >= 11 is 11.6. The molecule has 0 heterocycles. The fourth-order valence-corrected chi connectivity index (χ4v) is 6.54. The Bertz CT molecular complexity index is 577. The Balaban J connectivity index is 1.44. The molecule has 2 nitrogen and oxygen atoms in total. The number of hydrogen-bond donors (Lipinski definition) is 2. The SMILES string of the molecule is CCC(NC(=S)Nc1ccc(Cl)cc1)C12CC3CC(CC(C3)C1)C2. The molecule has 4 aliphatic rings. The van der Waals surface area contributed by atoms with E-state index in [-0.39, 0.29) is 0 Å². The third-order valence-corrected chi connectivity index (χ3v) is 7.11. The van der Waals surface area contributed by atoms with Crippen LogP contribution in [0.25, 0.3) is 0 Å². The zero-order valence-corrected chi connectivity index (χ0v) is 15.9. The molecule has 1 atom stereocenters. The van der Waals surface area contributed by atoms with Gasteiger partial charge in [0.05, 0.1) is 0 Å². The number of nitrogens with one attached hydrogen (secondary N) is 2. The van der Waals surface area contributed by atoms with Crippen LogP contribution in [0, 0.1) is 23.2 Å². The maximum Gasteiger partial charge on any atom is 0.171 e. The van der Waals surface area contributed by atoms with E-state index < -0.39 is 0 Å². The zero-order chi connectivity index (χ0) is 16.7. The quantitative estimate of drug-likeness (QED) is 0.679. The van der Waals surface area contributed by atoms with E-state index in [0.29, 0.717) is 11.5 Å². The van der Waals surface area contributed by atoms with Crippen LogP contribution in [0.4, 0.5) is 5.69 Å². The molecule has 0 aliphatic heterocycles. The molecule has 4 fully saturated rings. The molecule has 2 N–H and O–H groups in total. The fourth-order valence-electron chi connectivity index (χ4n) is 6.15. The highest BCUT2D eigenvalue weighted by molar-refractivity contribution is 7.80. The van der Waals surface area contributed by atoms with Crippen molar-refractivity contribution in [2.45, 2.75) is 57.9 Å². The van der Waals surface area contributed by atoms with Gasteiger partial charge in [-0.15, -0.1) is 0 Å². The first kappa shape index (κ1) is 16.7. The maximum absolute atomic E-state index is 5.96. The van der Waals surface area contributed by atoms with Crippen molar-refractivity contribution in [2.75, 3.05) is 5.32 Å². The molecule has 4 saturated carbocycles. The van der Waals surface area contributed by atoms with Crippen LogP contribution < -0.4 is 10.6 Å². The summed E-state index contributed by atoms with van der Waals surface area (Å²) in [6.07, 6.45) is 9.85. The normalized spacial score (nSPS) is 34.8. The molecule has 130 valence electrons. The zero-order valence-electron chi connectivity index (χ0n) is 14.4. The van der Waals surface area contributed by atoms with Crippen molar-refractivity contribution < 1.29 is 0 Å². The van der Waals surface area contributed by atoms with E-state index in [1.807, 2.05) is 24.3 Å². The number of hydrogen-bond acceptors (Lipinski definition) is 1. The molecule has 0 amide bonds. The van der Waals surface area contributed by atoms with E-state index >= 15 is 0 Å². The first-order chi connectivity index (χ1) is 11.6. The van der Waals surface area contributed by atoms with Crippen molar-refractivity contribution >= 4 is 34.6 Å². The third-order valence-electron chi connectivity index (χ3n) is 6.64. The van der Waals surface area contributed by atoms with Crippen LogP contribution in [0.3, 0.4) is 0 Å². The van der Waals surface area contributed by atoms with Crippen molar-refractivity contribution in [1.29, 1.82) is 0 Å². The molecule has 4 aliphatic carbocycles. The molecule has 0 saturated heterocycles. The summed E-state index contributed by atoms with van der Waals surface area (Å²) in [5, 5.41) is 8.50. The van der Waals surface area contributed by atoms with Crippen LogP contribution in [0.2, 0.25) is 5.02 Å². The molecule has 1 aromatic carbocycles. The lowest BCUT2D eigenvalue weighted by Gasteiger charge is -2.59. The minimum Gasteiger partial charge on any atom is -0.359 e. The summed E-state index contributed by atoms with van der Waals surface area (Å²) in [6, 6.07) is 8.23. The minimum atomic E-state index is 0.481. The van der Waals surface area contributed by atoms with Crippen LogP contribution in [-0.4, -0.2) is 11.2 Å². The molecule has 0 radical (unpaired) electrons. The molecule has 1 unspecified atom stereocenters. The molecular formula is C20H27ClN2S. The monoisotopic (exact) mass is 362 g/mol. The summed E-state index contributed by atoms with van der Waals surface area (Å²) in [7, 11) is 0. The molecule has 0 aromatic heterocycles. The van der Waals surface area contributed by atoms with Crippen LogP contribution in [-0.2, 0) is 0 Å². The molecule has 24 heavy (non-hydrogen) atoms. The Hall–Kier alpha value is -0.800. The van der Waals surface area contributed by atoms with Gasteiger partial charge in [0.1, 0.15) is 0 Å². The second-order valence-electron chi connectivity index (χ2n) is 8.35. The largest absolute Gasteiger partial charge is 0.359 e. The maximum atomic E-state index is 5.96.